The molecule has 0 saturated carbocycles. The van der Waals surface area contributed by atoms with Crippen LogP contribution in [0.15, 0.2) is 30.5 Å². The van der Waals surface area contributed by atoms with E-state index in [4.69, 9.17) is 4.74 Å². The molecule has 0 aliphatic carbocycles. The van der Waals surface area contributed by atoms with Crippen molar-refractivity contribution in [1.29, 1.82) is 0 Å². The molecule has 0 N–H and O–H groups in total. The van der Waals surface area contributed by atoms with E-state index in [-0.39, 0.29) is 5.91 Å². The van der Waals surface area contributed by atoms with Gasteiger partial charge in [0.05, 0.1) is 12.2 Å². The summed E-state index contributed by atoms with van der Waals surface area (Å²) in [6.07, 6.45) is 1.99. The van der Waals surface area contributed by atoms with Crippen molar-refractivity contribution in [3.8, 4) is 0 Å². The standard InChI is InChI=1S/C19H27N3O2/c1-14-11-22(13-18(14)20(2)3)19(23)16-12-21(9-10-24-4)17-8-6-5-7-15(16)17/h5-8,12,14,18H,9-11,13H2,1-4H3/t14-,18-/m1/s1. The molecule has 2 atom stereocenters. The number of benzene rings is 1. The number of carbonyl (C=O) groups is 1. The number of methoxy groups -OCH3 is 1. The first-order chi connectivity index (χ1) is 11.5. The van der Waals surface area contributed by atoms with Crippen molar-refractivity contribution in [1.82, 2.24) is 14.4 Å². The van der Waals surface area contributed by atoms with Gasteiger partial charge in [0.1, 0.15) is 0 Å². The summed E-state index contributed by atoms with van der Waals surface area (Å²) in [5, 5.41) is 1.03. The highest BCUT2D eigenvalue weighted by atomic mass is 16.5. The van der Waals surface area contributed by atoms with Crippen LogP contribution in [0.2, 0.25) is 0 Å². The van der Waals surface area contributed by atoms with Crippen molar-refractivity contribution in [2.75, 3.05) is 40.9 Å². The Morgan fingerprint density at radius 2 is 2.04 bits per heavy atom. The molecule has 0 radical (unpaired) electrons. The summed E-state index contributed by atoms with van der Waals surface area (Å²) < 4.78 is 7.32. The summed E-state index contributed by atoms with van der Waals surface area (Å²) in [5.74, 6) is 0.629. The molecule has 1 aliphatic heterocycles. The van der Waals surface area contributed by atoms with Crippen molar-refractivity contribution in [2.45, 2.75) is 19.5 Å². The molecule has 130 valence electrons. The van der Waals surface area contributed by atoms with Crippen LogP contribution >= 0.6 is 0 Å². The van der Waals surface area contributed by atoms with E-state index >= 15 is 0 Å². The molecule has 0 spiro atoms. The van der Waals surface area contributed by atoms with E-state index in [1.807, 2.05) is 29.3 Å². The van der Waals surface area contributed by atoms with Gasteiger partial charge in [0.2, 0.25) is 0 Å². The molecule has 24 heavy (non-hydrogen) atoms. The lowest BCUT2D eigenvalue weighted by Gasteiger charge is -2.22. The number of amides is 1. The van der Waals surface area contributed by atoms with Gasteiger partial charge >= 0.3 is 0 Å². The Morgan fingerprint density at radius 1 is 1.29 bits per heavy atom. The number of rotatable bonds is 5. The van der Waals surface area contributed by atoms with Gasteiger partial charge in [0.25, 0.3) is 5.91 Å². The summed E-state index contributed by atoms with van der Waals surface area (Å²) in [5.41, 5.74) is 1.89. The fourth-order valence-corrected chi connectivity index (χ4v) is 3.75. The van der Waals surface area contributed by atoms with Crippen LogP contribution in [0.1, 0.15) is 17.3 Å². The molecule has 1 aliphatic rings. The maximum absolute atomic E-state index is 13.1. The summed E-state index contributed by atoms with van der Waals surface area (Å²) in [4.78, 5) is 17.3. The zero-order valence-electron chi connectivity index (χ0n) is 15.0. The third-order valence-corrected chi connectivity index (χ3v) is 5.08. The van der Waals surface area contributed by atoms with E-state index in [2.05, 4.69) is 36.6 Å². The van der Waals surface area contributed by atoms with Gasteiger partial charge in [-0.1, -0.05) is 25.1 Å². The van der Waals surface area contributed by atoms with Crippen molar-refractivity contribution in [3.63, 3.8) is 0 Å². The molecule has 1 saturated heterocycles. The fraction of sp³-hybridized carbons (Fsp3) is 0.526. The molecule has 5 heteroatoms. The van der Waals surface area contributed by atoms with Crippen LogP contribution in [0.3, 0.4) is 0 Å². The number of hydrogen-bond donors (Lipinski definition) is 0. The van der Waals surface area contributed by atoms with Gasteiger partial charge in [0.15, 0.2) is 0 Å². The van der Waals surface area contributed by atoms with E-state index < -0.39 is 0 Å². The van der Waals surface area contributed by atoms with Gasteiger partial charge in [-0.15, -0.1) is 0 Å². The van der Waals surface area contributed by atoms with Crippen LogP contribution < -0.4 is 0 Å². The minimum Gasteiger partial charge on any atom is -0.383 e. The van der Waals surface area contributed by atoms with Crippen molar-refractivity contribution in [2.24, 2.45) is 5.92 Å². The summed E-state index contributed by atoms with van der Waals surface area (Å²) >= 11 is 0. The number of likely N-dealkylation sites (N-methyl/N-ethyl adjacent to an activating group) is 1. The van der Waals surface area contributed by atoms with Gasteiger partial charge < -0.3 is 19.1 Å². The number of fused-ring (bicyclic) bond motifs is 1. The van der Waals surface area contributed by atoms with Crippen molar-refractivity contribution >= 4 is 16.8 Å². The third kappa shape index (κ3) is 3.06. The first-order valence-corrected chi connectivity index (χ1v) is 8.55. The Labute approximate surface area is 143 Å². The first-order valence-electron chi connectivity index (χ1n) is 8.55. The quantitative estimate of drug-likeness (QED) is 0.845. The number of nitrogens with zero attached hydrogens (tertiary/aromatic N) is 3. The second kappa shape index (κ2) is 6.95. The van der Waals surface area contributed by atoms with E-state index in [0.29, 0.717) is 18.6 Å². The highest BCUT2D eigenvalue weighted by Crippen LogP contribution is 2.26. The third-order valence-electron chi connectivity index (χ3n) is 5.08. The number of para-hydroxylation sites is 1. The molecular formula is C19H27N3O2. The van der Waals surface area contributed by atoms with Crippen LogP contribution in [0.25, 0.3) is 10.9 Å². The minimum atomic E-state index is 0.138. The monoisotopic (exact) mass is 329 g/mol. The molecular weight excluding hydrogens is 302 g/mol. The molecule has 0 bridgehead atoms. The molecule has 1 aromatic carbocycles. The highest BCUT2D eigenvalue weighted by Gasteiger charge is 2.34. The Balaban J connectivity index is 1.90. The number of carbonyl (C=O) groups excluding carboxylic acids is 1. The zero-order valence-corrected chi connectivity index (χ0v) is 15.0. The molecule has 1 aromatic heterocycles. The largest absolute Gasteiger partial charge is 0.383 e. The van der Waals surface area contributed by atoms with Gasteiger partial charge in [-0.2, -0.15) is 0 Å². The molecule has 1 amide bonds. The molecule has 0 unspecified atom stereocenters. The number of hydrogen-bond acceptors (Lipinski definition) is 3. The van der Waals surface area contributed by atoms with E-state index in [1.165, 1.54) is 0 Å². The molecule has 1 fully saturated rings. The molecule has 2 aromatic rings. The number of likely N-dealkylation sites (tertiary alicyclic amines) is 1. The average Bonchev–Trinajstić information content (AvgIpc) is 3.13. The zero-order chi connectivity index (χ0) is 17.3. The maximum atomic E-state index is 13.1. The first kappa shape index (κ1) is 17.0. The van der Waals surface area contributed by atoms with Crippen LogP contribution in [0, 0.1) is 5.92 Å². The Hall–Kier alpha value is -1.85. The van der Waals surface area contributed by atoms with E-state index in [1.54, 1.807) is 7.11 Å². The molecule has 5 nitrogen and oxygen atoms in total. The second-order valence-electron chi connectivity index (χ2n) is 6.96. The lowest BCUT2D eigenvalue weighted by Crippen LogP contribution is -2.35. The predicted octanol–water partition coefficient (Wildman–Crippen LogP) is 2.31. The van der Waals surface area contributed by atoms with Gasteiger partial charge in [-0.3, -0.25) is 4.79 Å². The topological polar surface area (TPSA) is 37.7 Å². The lowest BCUT2D eigenvalue weighted by molar-refractivity contribution is 0.0783. The van der Waals surface area contributed by atoms with Crippen molar-refractivity contribution < 1.29 is 9.53 Å². The van der Waals surface area contributed by atoms with E-state index in [9.17, 15) is 4.79 Å². The summed E-state index contributed by atoms with van der Waals surface area (Å²) in [6.45, 7) is 5.22. The Kier molecular flexibility index (Phi) is 4.92. The number of aromatic nitrogens is 1. The Bertz CT molecular complexity index is 722. The lowest BCUT2D eigenvalue weighted by atomic mass is 10.1. The molecule has 3 rings (SSSR count). The average molecular weight is 329 g/mol. The highest BCUT2D eigenvalue weighted by molar-refractivity contribution is 6.07. The fourth-order valence-electron chi connectivity index (χ4n) is 3.75. The SMILES string of the molecule is COCCn1cc(C(=O)N2C[C@@H](C)[C@H](N(C)C)C2)c2ccccc21. The normalized spacial score (nSPS) is 21.1. The van der Waals surface area contributed by atoms with E-state index in [0.717, 1.165) is 36.1 Å². The van der Waals surface area contributed by atoms with Crippen LogP contribution in [-0.4, -0.2) is 67.2 Å². The predicted molar refractivity (Wildman–Crippen MR) is 96.4 cm³/mol. The van der Waals surface area contributed by atoms with Gasteiger partial charge in [-0.05, 0) is 26.1 Å². The smallest absolute Gasteiger partial charge is 0.256 e. The van der Waals surface area contributed by atoms with Crippen LogP contribution in [0.5, 0.6) is 0 Å². The van der Waals surface area contributed by atoms with Crippen molar-refractivity contribution in [3.05, 3.63) is 36.0 Å². The Morgan fingerprint density at radius 3 is 2.71 bits per heavy atom. The second-order valence-corrected chi connectivity index (χ2v) is 6.96. The van der Waals surface area contributed by atoms with Gasteiger partial charge in [-0.25, -0.2) is 0 Å². The number of ether oxygens (including phenoxy) is 1. The summed E-state index contributed by atoms with van der Waals surface area (Å²) in [6, 6.07) is 8.54. The van der Waals surface area contributed by atoms with Crippen LogP contribution in [0.4, 0.5) is 0 Å². The van der Waals surface area contributed by atoms with Gasteiger partial charge in [0, 0.05) is 49.9 Å². The minimum absolute atomic E-state index is 0.138. The maximum Gasteiger partial charge on any atom is 0.256 e. The summed E-state index contributed by atoms with van der Waals surface area (Å²) in [7, 11) is 5.88. The molecule has 2 heterocycles. The van der Waals surface area contributed by atoms with Crippen LogP contribution in [-0.2, 0) is 11.3 Å².